The van der Waals surface area contributed by atoms with Crippen LogP contribution in [0.25, 0.3) is 11.1 Å². The third kappa shape index (κ3) is 3.84. The van der Waals surface area contributed by atoms with Crippen LogP contribution in [0.1, 0.15) is 24.4 Å². The van der Waals surface area contributed by atoms with Crippen molar-refractivity contribution in [2.75, 3.05) is 25.6 Å². The van der Waals surface area contributed by atoms with E-state index in [0.29, 0.717) is 11.2 Å². The Morgan fingerprint density at radius 2 is 2.04 bits per heavy atom. The number of ether oxygens (including phenoxy) is 2. The Balaban J connectivity index is 1.66. The fraction of sp³-hybridized carbons (Fsp3) is 0.333. The van der Waals surface area contributed by atoms with Crippen molar-refractivity contribution in [1.82, 2.24) is 14.8 Å². The summed E-state index contributed by atoms with van der Waals surface area (Å²) < 4.78 is 13.3. The van der Waals surface area contributed by atoms with Crippen molar-refractivity contribution >= 4 is 23.0 Å². The molecular formula is C21H23ClN4O2. The van der Waals surface area contributed by atoms with Gasteiger partial charge in [0.25, 0.3) is 0 Å². The van der Waals surface area contributed by atoms with Crippen LogP contribution in [0.5, 0.6) is 5.75 Å². The molecule has 1 aromatic carbocycles. The molecule has 0 amide bonds. The summed E-state index contributed by atoms with van der Waals surface area (Å²) in [6.07, 6.45) is 7.71. The van der Waals surface area contributed by atoms with E-state index in [9.17, 15) is 0 Å². The van der Waals surface area contributed by atoms with E-state index in [2.05, 4.69) is 21.6 Å². The second-order valence-electron chi connectivity index (χ2n) is 6.89. The maximum absolute atomic E-state index is 6.06. The van der Waals surface area contributed by atoms with Crippen molar-refractivity contribution in [3.8, 4) is 16.9 Å². The van der Waals surface area contributed by atoms with Gasteiger partial charge in [0.15, 0.2) is 0 Å². The molecule has 7 heteroatoms. The van der Waals surface area contributed by atoms with Crippen LogP contribution in [-0.4, -0.2) is 35.1 Å². The highest BCUT2D eigenvalue weighted by atomic mass is 35.5. The molecular weight excluding hydrogens is 376 g/mol. The summed E-state index contributed by atoms with van der Waals surface area (Å²) in [4.78, 5) is 4.11. The fourth-order valence-electron chi connectivity index (χ4n) is 3.49. The highest BCUT2D eigenvalue weighted by molar-refractivity contribution is 6.29. The number of rotatable bonds is 5. The van der Waals surface area contributed by atoms with Crippen LogP contribution >= 0.6 is 11.6 Å². The van der Waals surface area contributed by atoms with Crippen LogP contribution in [0.2, 0.25) is 5.15 Å². The van der Waals surface area contributed by atoms with E-state index in [-0.39, 0.29) is 0 Å². The summed E-state index contributed by atoms with van der Waals surface area (Å²) in [7, 11) is 1.68. The summed E-state index contributed by atoms with van der Waals surface area (Å²) in [6, 6.07) is 8.23. The lowest BCUT2D eigenvalue weighted by atomic mass is 10.1. The van der Waals surface area contributed by atoms with Gasteiger partial charge < -0.3 is 14.8 Å². The van der Waals surface area contributed by atoms with E-state index in [1.807, 2.05) is 42.1 Å². The van der Waals surface area contributed by atoms with E-state index in [1.165, 1.54) is 0 Å². The Labute approximate surface area is 169 Å². The first-order valence-corrected chi connectivity index (χ1v) is 9.72. The number of hydrogen-bond acceptors (Lipinski definition) is 5. The quantitative estimate of drug-likeness (QED) is 0.612. The van der Waals surface area contributed by atoms with Crippen molar-refractivity contribution in [3.63, 3.8) is 0 Å². The summed E-state index contributed by atoms with van der Waals surface area (Å²) in [5.74, 6) is 0.765. The lowest BCUT2D eigenvalue weighted by Gasteiger charge is -2.22. The summed E-state index contributed by atoms with van der Waals surface area (Å²) >= 11 is 6.06. The zero-order chi connectivity index (χ0) is 19.5. The number of nitrogens with zero attached hydrogens (tertiary/aromatic N) is 3. The molecule has 0 aliphatic carbocycles. The molecule has 1 saturated heterocycles. The average molecular weight is 399 g/mol. The van der Waals surface area contributed by atoms with Gasteiger partial charge >= 0.3 is 0 Å². The first kappa shape index (κ1) is 18.8. The number of aromatic nitrogens is 3. The van der Waals surface area contributed by atoms with Gasteiger partial charge in [0.05, 0.1) is 25.0 Å². The van der Waals surface area contributed by atoms with Crippen molar-refractivity contribution in [2.24, 2.45) is 0 Å². The summed E-state index contributed by atoms with van der Waals surface area (Å²) in [5.41, 5.74) is 4.78. The number of anilines is 2. The predicted octanol–water partition coefficient (Wildman–Crippen LogP) is 5.01. The van der Waals surface area contributed by atoms with Gasteiger partial charge in [-0.15, -0.1) is 0 Å². The molecule has 1 aliphatic rings. The smallest absolute Gasteiger partial charge is 0.150 e. The van der Waals surface area contributed by atoms with E-state index < -0.39 is 0 Å². The topological polar surface area (TPSA) is 61.2 Å². The number of pyridine rings is 1. The average Bonchev–Trinajstić information content (AvgIpc) is 3.21. The number of methoxy groups -OCH3 is 1. The van der Waals surface area contributed by atoms with Crippen LogP contribution < -0.4 is 10.1 Å². The Bertz CT molecular complexity index is 967. The minimum Gasteiger partial charge on any atom is -0.494 e. The van der Waals surface area contributed by atoms with E-state index in [0.717, 1.165) is 59.9 Å². The molecule has 146 valence electrons. The van der Waals surface area contributed by atoms with Gasteiger partial charge in [0.1, 0.15) is 10.9 Å². The summed E-state index contributed by atoms with van der Waals surface area (Å²) in [6.45, 7) is 3.56. The van der Waals surface area contributed by atoms with Crippen molar-refractivity contribution in [1.29, 1.82) is 0 Å². The van der Waals surface area contributed by atoms with Gasteiger partial charge in [-0.2, -0.15) is 5.10 Å². The molecule has 0 atom stereocenters. The Kier molecular flexibility index (Phi) is 5.50. The number of halogens is 1. The molecule has 28 heavy (non-hydrogen) atoms. The zero-order valence-electron chi connectivity index (χ0n) is 16.0. The van der Waals surface area contributed by atoms with Gasteiger partial charge in [-0.25, -0.2) is 4.98 Å². The number of hydrogen-bond donors (Lipinski definition) is 1. The molecule has 1 fully saturated rings. The minimum absolute atomic E-state index is 0.386. The molecule has 0 bridgehead atoms. The third-order valence-electron chi connectivity index (χ3n) is 5.04. The predicted molar refractivity (Wildman–Crippen MR) is 111 cm³/mol. The zero-order valence-corrected chi connectivity index (χ0v) is 16.7. The molecule has 2 aromatic heterocycles. The standard InChI is InChI=1S/C21H23ClN4O2/c1-14-11-23-20(22)10-19(14)25-18-5-3-4-17(21(18)27-2)15-12-24-26(13-15)16-6-8-28-9-7-16/h3-5,10-13,16H,6-9H2,1-2H3,(H,23,25). The van der Waals surface area contributed by atoms with E-state index >= 15 is 0 Å². The highest BCUT2D eigenvalue weighted by Crippen LogP contribution is 2.38. The van der Waals surface area contributed by atoms with Crippen molar-refractivity contribution < 1.29 is 9.47 Å². The molecule has 6 nitrogen and oxygen atoms in total. The number of nitrogens with one attached hydrogen (secondary N) is 1. The highest BCUT2D eigenvalue weighted by Gasteiger charge is 2.19. The van der Waals surface area contributed by atoms with E-state index in [4.69, 9.17) is 21.1 Å². The Morgan fingerprint density at radius 3 is 2.82 bits per heavy atom. The Morgan fingerprint density at radius 1 is 1.21 bits per heavy atom. The van der Waals surface area contributed by atoms with Crippen LogP contribution in [0.15, 0.2) is 42.9 Å². The van der Waals surface area contributed by atoms with Crippen molar-refractivity contribution in [3.05, 3.63) is 53.6 Å². The number of para-hydroxylation sites is 1. The molecule has 3 aromatic rings. The number of aryl methyl sites for hydroxylation is 1. The third-order valence-corrected chi connectivity index (χ3v) is 5.24. The summed E-state index contributed by atoms with van der Waals surface area (Å²) in [5, 5.41) is 8.46. The van der Waals surface area contributed by atoms with E-state index in [1.54, 1.807) is 13.3 Å². The van der Waals surface area contributed by atoms with Gasteiger partial charge in [0.2, 0.25) is 0 Å². The Hall–Kier alpha value is -2.57. The van der Waals surface area contributed by atoms with Crippen LogP contribution in [0.4, 0.5) is 11.4 Å². The molecule has 1 aliphatic heterocycles. The molecule has 4 rings (SSSR count). The molecule has 1 N–H and O–H groups in total. The largest absolute Gasteiger partial charge is 0.494 e. The van der Waals surface area contributed by atoms with Gasteiger partial charge in [-0.05, 0) is 37.5 Å². The van der Waals surface area contributed by atoms with Crippen LogP contribution in [0.3, 0.4) is 0 Å². The molecule has 0 radical (unpaired) electrons. The SMILES string of the molecule is COc1c(Nc2cc(Cl)ncc2C)cccc1-c1cnn(C2CCOCC2)c1. The first-order valence-electron chi connectivity index (χ1n) is 9.34. The van der Waals surface area contributed by atoms with Crippen LogP contribution in [-0.2, 0) is 4.74 Å². The van der Waals surface area contributed by atoms with Gasteiger partial charge in [0, 0.05) is 42.4 Å². The molecule has 3 heterocycles. The maximum Gasteiger partial charge on any atom is 0.150 e. The van der Waals surface area contributed by atoms with Gasteiger partial charge in [-0.1, -0.05) is 23.7 Å². The fourth-order valence-corrected chi connectivity index (χ4v) is 3.65. The number of benzene rings is 1. The minimum atomic E-state index is 0.386. The first-order chi connectivity index (χ1) is 13.7. The normalized spacial score (nSPS) is 14.8. The molecule has 0 spiro atoms. The second kappa shape index (κ2) is 8.20. The van der Waals surface area contributed by atoms with Crippen LogP contribution in [0, 0.1) is 6.92 Å². The maximum atomic E-state index is 6.06. The van der Waals surface area contributed by atoms with Crippen molar-refractivity contribution in [2.45, 2.75) is 25.8 Å². The lowest BCUT2D eigenvalue weighted by molar-refractivity contribution is 0.0662. The monoisotopic (exact) mass is 398 g/mol. The molecule has 0 unspecified atom stereocenters. The lowest BCUT2D eigenvalue weighted by Crippen LogP contribution is -2.19. The molecule has 0 saturated carbocycles. The van der Waals surface area contributed by atoms with Gasteiger partial charge in [-0.3, -0.25) is 4.68 Å². The second-order valence-corrected chi connectivity index (χ2v) is 7.27.